The Morgan fingerprint density at radius 1 is 1.14 bits per heavy atom. The standard InChI is InChI=1S/C28H31N3O5/c1-17(30-31-25(32)16-28(2)35-13-14-36-28)20-11-12-24-23(15-20)21-5-4-6-22(21)26(29-24)18-7-9-19(10-8-18)27(33)34-3/h4-5,7-12,15,21-22,26,29H,6,13-14,16H2,1-3H3,(H,31,32)/b30-17-/t21-,22-,26-/m0/s1. The molecule has 2 aromatic carbocycles. The molecular formula is C28H31N3O5. The van der Waals surface area contributed by atoms with Crippen molar-refractivity contribution in [3.05, 3.63) is 76.9 Å². The highest BCUT2D eigenvalue weighted by Gasteiger charge is 2.38. The number of carbonyl (C=O) groups is 2. The number of esters is 1. The van der Waals surface area contributed by atoms with E-state index in [0.29, 0.717) is 24.7 Å². The van der Waals surface area contributed by atoms with Crippen LogP contribution in [0.15, 0.2) is 59.7 Å². The SMILES string of the molecule is COC(=O)c1ccc([C@@H]2Nc3ccc(/C(C)=N\NC(=O)CC4(C)OCCO4)cc3[C@H]3C=CC[C@@H]32)cc1. The van der Waals surface area contributed by atoms with E-state index in [2.05, 4.69) is 40.1 Å². The first kappa shape index (κ1) is 24.2. The van der Waals surface area contributed by atoms with Crippen LogP contribution in [0.2, 0.25) is 0 Å². The Hall–Kier alpha value is -3.49. The van der Waals surface area contributed by atoms with Crippen molar-refractivity contribution in [3.8, 4) is 0 Å². The van der Waals surface area contributed by atoms with Crippen molar-refractivity contribution in [3.63, 3.8) is 0 Å². The predicted molar refractivity (Wildman–Crippen MR) is 136 cm³/mol. The molecule has 36 heavy (non-hydrogen) atoms. The first-order chi connectivity index (χ1) is 17.4. The number of nitrogens with one attached hydrogen (secondary N) is 2. The molecule has 0 unspecified atom stereocenters. The van der Waals surface area contributed by atoms with Gasteiger partial charge in [-0.15, -0.1) is 0 Å². The largest absolute Gasteiger partial charge is 0.465 e. The lowest BCUT2D eigenvalue weighted by Crippen LogP contribution is -2.33. The van der Waals surface area contributed by atoms with Gasteiger partial charge >= 0.3 is 5.97 Å². The van der Waals surface area contributed by atoms with Gasteiger partial charge in [-0.05, 0) is 67.1 Å². The fourth-order valence-electron chi connectivity index (χ4n) is 5.29. The van der Waals surface area contributed by atoms with Gasteiger partial charge in [-0.25, -0.2) is 10.2 Å². The van der Waals surface area contributed by atoms with Crippen LogP contribution in [0.4, 0.5) is 5.69 Å². The summed E-state index contributed by atoms with van der Waals surface area (Å²) in [5.41, 5.74) is 8.29. The monoisotopic (exact) mass is 489 g/mol. The Balaban J connectivity index is 1.32. The van der Waals surface area contributed by atoms with E-state index in [1.54, 1.807) is 6.92 Å². The summed E-state index contributed by atoms with van der Waals surface area (Å²) in [4.78, 5) is 24.2. The molecule has 2 aliphatic heterocycles. The number of fused-ring (bicyclic) bond motifs is 3. The highest BCUT2D eigenvalue weighted by molar-refractivity contribution is 6.00. The number of hydrazone groups is 1. The highest BCUT2D eigenvalue weighted by atomic mass is 16.7. The molecule has 8 nitrogen and oxygen atoms in total. The summed E-state index contributed by atoms with van der Waals surface area (Å²) >= 11 is 0. The molecule has 8 heteroatoms. The van der Waals surface area contributed by atoms with Crippen LogP contribution in [0.25, 0.3) is 0 Å². The van der Waals surface area contributed by atoms with E-state index in [9.17, 15) is 9.59 Å². The Bertz CT molecular complexity index is 1210. The van der Waals surface area contributed by atoms with Crippen molar-refractivity contribution in [2.75, 3.05) is 25.6 Å². The fourth-order valence-corrected chi connectivity index (χ4v) is 5.29. The molecule has 188 valence electrons. The van der Waals surface area contributed by atoms with Gasteiger partial charge < -0.3 is 19.5 Å². The van der Waals surface area contributed by atoms with Gasteiger partial charge in [-0.3, -0.25) is 4.79 Å². The first-order valence-electron chi connectivity index (χ1n) is 12.2. The minimum absolute atomic E-state index is 0.0917. The van der Waals surface area contributed by atoms with Crippen molar-refractivity contribution in [2.45, 2.75) is 44.4 Å². The number of hydrogen-bond donors (Lipinski definition) is 2. The molecular weight excluding hydrogens is 458 g/mol. The van der Waals surface area contributed by atoms with E-state index in [0.717, 1.165) is 28.9 Å². The van der Waals surface area contributed by atoms with Gasteiger partial charge in [0.05, 0.1) is 44.1 Å². The van der Waals surface area contributed by atoms with Gasteiger partial charge in [0.15, 0.2) is 5.79 Å². The number of amides is 1. The van der Waals surface area contributed by atoms with E-state index in [-0.39, 0.29) is 30.3 Å². The quantitative estimate of drug-likeness (QED) is 0.272. The molecule has 0 radical (unpaired) electrons. The third kappa shape index (κ3) is 4.79. The van der Waals surface area contributed by atoms with Crippen molar-refractivity contribution in [2.24, 2.45) is 11.0 Å². The number of benzene rings is 2. The number of methoxy groups -OCH3 is 1. The van der Waals surface area contributed by atoms with E-state index < -0.39 is 5.79 Å². The van der Waals surface area contributed by atoms with Crippen LogP contribution in [0.5, 0.6) is 0 Å². The zero-order chi connectivity index (χ0) is 25.3. The number of nitrogens with zero attached hydrogens (tertiary/aromatic N) is 1. The number of allylic oxidation sites excluding steroid dienone is 2. The van der Waals surface area contributed by atoms with E-state index in [1.165, 1.54) is 12.7 Å². The molecule has 2 N–H and O–H groups in total. The summed E-state index contributed by atoms with van der Waals surface area (Å²) in [5, 5.41) is 8.04. The zero-order valence-corrected chi connectivity index (χ0v) is 20.7. The number of rotatable bonds is 6. The van der Waals surface area contributed by atoms with Crippen LogP contribution in [0, 0.1) is 5.92 Å². The maximum atomic E-state index is 12.3. The third-order valence-corrected chi connectivity index (χ3v) is 7.20. The Morgan fingerprint density at radius 3 is 2.58 bits per heavy atom. The Morgan fingerprint density at radius 2 is 1.86 bits per heavy atom. The number of ether oxygens (including phenoxy) is 3. The van der Waals surface area contributed by atoms with Gasteiger partial charge in [-0.1, -0.05) is 30.4 Å². The molecule has 2 heterocycles. The normalized spacial score (nSPS) is 24.0. The highest BCUT2D eigenvalue weighted by Crippen LogP contribution is 2.50. The average Bonchev–Trinajstić information content (AvgIpc) is 3.56. The molecule has 0 saturated carbocycles. The van der Waals surface area contributed by atoms with Gasteiger partial charge in [0.2, 0.25) is 5.91 Å². The van der Waals surface area contributed by atoms with Crippen LogP contribution >= 0.6 is 0 Å². The summed E-state index contributed by atoms with van der Waals surface area (Å²) in [6, 6.07) is 14.0. The Kier molecular flexibility index (Phi) is 6.64. The zero-order valence-electron chi connectivity index (χ0n) is 20.7. The summed E-state index contributed by atoms with van der Waals surface area (Å²) in [6.45, 7) is 4.63. The van der Waals surface area contributed by atoms with Crippen LogP contribution in [-0.4, -0.2) is 43.7 Å². The second-order valence-electron chi connectivity index (χ2n) is 9.63. The molecule has 5 rings (SSSR count). The maximum absolute atomic E-state index is 12.3. The fraction of sp³-hybridized carbons (Fsp3) is 0.393. The number of carbonyl (C=O) groups excluding carboxylic acids is 2. The van der Waals surface area contributed by atoms with E-state index in [4.69, 9.17) is 14.2 Å². The molecule has 0 spiro atoms. The smallest absolute Gasteiger partial charge is 0.337 e. The second kappa shape index (κ2) is 9.87. The number of hydrogen-bond acceptors (Lipinski definition) is 7. The summed E-state index contributed by atoms with van der Waals surface area (Å²) in [7, 11) is 1.39. The van der Waals surface area contributed by atoms with Gasteiger partial charge in [-0.2, -0.15) is 5.10 Å². The lowest BCUT2D eigenvalue weighted by atomic mass is 9.76. The molecule has 3 aliphatic rings. The molecule has 3 atom stereocenters. The average molecular weight is 490 g/mol. The van der Waals surface area contributed by atoms with Crippen molar-refractivity contribution in [1.29, 1.82) is 0 Å². The molecule has 0 aromatic heterocycles. The second-order valence-corrected chi connectivity index (χ2v) is 9.63. The topological polar surface area (TPSA) is 98.2 Å². The summed E-state index contributed by atoms with van der Waals surface area (Å²) in [6.07, 6.45) is 5.58. The molecule has 0 bridgehead atoms. The van der Waals surface area contributed by atoms with Gasteiger partial charge in [0.1, 0.15) is 0 Å². The summed E-state index contributed by atoms with van der Waals surface area (Å²) in [5.74, 6) is -0.839. The van der Waals surface area contributed by atoms with Crippen LogP contribution in [-0.2, 0) is 19.0 Å². The molecule has 1 amide bonds. The van der Waals surface area contributed by atoms with Crippen LogP contribution in [0.3, 0.4) is 0 Å². The van der Waals surface area contributed by atoms with Crippen LogP contribution in [0.1, 0.15) is 65.7 Å². The lowest BCUT2D eigenvalue weighted by Gasteiger charge is -2.37. The summed E-state index contributed by atoms with van der Waals surface area (Å²) < 4.78 is 15.8. The molecule has 2 aromatic rings. The van der Waals surface area contributed by atoms with Gasteiger partial charge in [0, 0.05) is 11.6 Å². The predicted octanol–water partition coefficient (Wildman–Crippen LogP) is 4.29. The van der Waals surface area contributed by atoms with Gasteiger partial charge in [0.25, 0.3) is 0 Å². The van der Waals surface area contributed by atoms with Crippen LogP contribution < -0.4 is 10.7 Å². The molecule has 1 aliphatic carbocycles. The molecule has 1 saturated heterocycles. The molecule has 1 fully saturated rings. The van der Waals surface area contributed by atoms with E-state index >= 15 is 0 Å². The maximum Gasteiger partial charge on any atom is 0.337 e. The number of anilines is 1. The minimum Gasteiger partial charge on any atom is -0.465 e. The van der Waals surface area contributed by atoms with Crippen molar-refractivity contribution in [1.82, 2.24) is 5.43 Å². The lowest BCUT2D eigenvalue weighted by molar-refractivity contribution is -0.159. The first-order valence-corrected chi connectivity index (χ1v) is 12.2. The van der Waals surface area contributed by atoms with Crippen molar-refractivity contribution >= 4 is 23.3 Å². The third-order valence-electron chi connectivity index (χ3n) is 7.20. The van der Waals surface area contributed by atoms with Crippen molar-refractivity contribution < 1.29 is 23.8 Å². The van der Waals surface area contributed by atoms with E-state index in [1.807, 2.05) is 37.3 Å². The minimum atomic E-state index is -0.884. The Labute approximate surface area is 210 Å².